The predicted octanol–water partition coefficient (Wildman–Crippen LogP) is 4.86. The van der Waals surface area contributed by atoms with E-state index < -0.39 is 0 Å². The lowest BCUT2D eigenvalue weighted by atomic mass is 9.72. The number of ether oxygens (including phenoxy) is 1. The minimum Gasteiger partial charge on any atom is -0.462 e. The smallest absolute Gasteiger partial charge is 0.306 e. The third-order valence-corrected chi connectivity index (χ3v) is 5.03. The molecule has 2 aliphatic carbocycles. The number of esters is 1. The van der Waals surface area contributed by atoms with E-state index in [1.807, 2.05) is 0 Å². The number of unbranched alkanes of at least 4 members (excludes halogenated alkanes) is 1. The number of hydrogen-bond donors (Lipinski definition) is 0. The first-order valence-electron chi connectivity index (χ1n) is 8.50. The van der Waals surface area contributed by atoms with Crippen LogP contribution in [-0.2, 0) is 9.53 Å². The topological polar surface area (TPSA) is 26.3 Å². The van der Waals surface area contributed by atoms with E-state index in [0.29, 0.717) is 12.3 Å². The third kappa shape index (κ3) is 4.50. The fourth-order valence-electron chi connectivity index (χ4n) is 3.92. The first-order chi connectivity index (χ1) is 9.31. The molecule has 0 bridgehead atoms. The Morgan fingerprint density at radius 2 is 1.68 bits per heavy atom. The molecule has 19 heavy (non-hydrogen) atoms. The van der Waals surface area contributed by atoms with E-state index in [2.05, 4.69) is 6.92 Å². The Morgan fingerprint density at radius 3 is 2.42 bits per heavy atom. The van der Waals surface area contributed by atoms with Crippen molar-refractivity contribution in [3.8, 4) is 0 Å². The van der Waals surface area contributed by atoms with Gasteiger partial charge in [-0.3, -0.25) is 4.79 Å². The van der Waals surface area contributed by atoms with Crippen molar-refractivity contribution >= 4 is 5.97 Å². The molecular formula is C17H30O2. The van der Waals surface area contributed by atoms with Gasteiger partial charge in [0.15, 0.2) is 0 Å². The molecule has 2 saturated carbocycles. The van der Waals surface area contributed by atoms with Crippen molar-refractivity contribution in [3.05, 3.63) is 0 Å². The number of carbonyl (C=O) groups excluding carboxylic acids is 1. The third-order valence-electron chi connectivity index (χ3n) is 5.03. The molecule has 0 radical (unpaired) electrons. The van der Waals surface area contributed by atoms with Crippen LogP contribution in [0.4, 0.5) is 0 Å². The molecule has 0 N–H and O–H groups in total. The maximum atomic E-state index is 11.9. The van der Waals surface area contributed by atoms with Gasteiger partial charge in [0.2, 0.25) is 0 Å². The van der Waals surface area contributed by atoms with Gasteiger partial charge < -0.3 is 4.74 Å². The van der Waals surface area contributed by atoms with Gasteiger partial charge in [0.05, 0.1) is 0 Å². The molecule has 0 aromatic heterocycles. The zero-order valence-electron chi connectivity index (χ0n) is 12.5. The van der Waals surface area contributed by atoms with Crippen molar-refractivity contribution in [3.63, 3.8) is 0 Å². The molecule has 110 valence electrons. The fourth-order valence-corrected chi connectivity index (χ4v) is 3.92. The highest BCUT2D eigenvalue weighted by Crippen LogP contribution is 2.39. The molecule has 2 fully saturated rings. The van der Waals surface area contributed by atoms with Gasteiger partial charge in [0.25, 0.3) is 0 Å². The van der Waals surface area contributed by atoms with Gasteiger partial charge in [0.1, 0.15) is 6.10 Å². The molecular weight excluding hydrogens is 236 g/mol. The predicted molar refractivity (Wildman–Crippen MR) is 77.9 cm³/mol. The van der Waals surface area contributed by atoms with E-state index in [4.69, 9.17) is 4.74 Å². The molecule has 0 heterocycles. The largest absolute Gasteiger partial charge is 0.462 e. The molecule has 0 aromatic carbocycles. The Labute approximate surface area is 118 Å². The summed E-state index contributed by atoms with van der Waals surface area (Å²) in [4.78, 5) is 11.9. The quantitative estimate of drug-likeness (QED) is 0.664. The molecule has 0 spiro atoms. The first kappa shape index (κ1) is 14.9. The molecule has 0 saturated heterocycles. The summed E-state index contributed by atoms with van der Waals surface area (Å²) in [6.45, 7) is 2.12. The van der Waals surface area contributed by atoms with Crippen molar-refractivity contribution in [1.29, 1.82) is 0 Å². The van der Waals surface area contributed by atoms with Crippen molar-refractivity contribution in [2.24, 2.45) is 11.8 Å². The van der Waals surface area contributed by atoms with E-state index in [0.717, 1.165) is 25.2 Å². The Kier molecular flexibility index (Phi) is 6.19. The van der Waals surface area contributed by atoms with Crippen LogP contribution in [0.5, 0.6) is 0 Å². The highest BCUT2D eigenvalue weighted by Gasteiger charge is 2.34. The van der Waals surface area contributed by atoms with Gasteiger partial charge in [-0.05, 0) is 37.5 Å². The summed E-state index contributed by atoms with van der Waals surface area (Å²) in [5.74, 6) is 1.55. The molecule has 0 aromatic rings. The Balaban J connectivity index is 1.86. The molecule has 0 amide bonds. The molecule has 0 unspecified atom stereocenters. The van der Waals surface area contributed by atoms with Gasteiger partial charge in [-0.2, -0.15) is 0 Å². The maximum absolute atomic E-state index is 11.9. The fraction of sp³-hybridized carbons (Fsp3) is 0.941. The number of hydrogen-bond acceptors (Lipinski definition) is 2. The van der Waals surface area contributed by atoms with E-state index in [9.17, 15) is 4.79 Å². The van der Waals surface area contributed by atoms with Crippen molar-refractivity contribution in [1.82, 2.24) is 0 Å². The second-order valence-corrected chi connectivity index (χ2v) is 6.48. The molecule has 2 nitrogen and oxygen atoms in total. The van der Waals surface area contributed by atoms with Gasteiger partial charge >= 0.3 is 5.97 Å². The Morgan fingerprint density at radius 1 is 1.00 bits per heavy atom. The van der Waals surface area contributed by atoms with Crippen molar-refractivity contribution in [2.75, 3.05) is 0 Å². The van der Waals surface area contributed by atoms with Crippen LogP contribution in [0.2, 0.25) is 0 Å². The van der Waals surface area contributed by atoms with E-state index in [-0.39, 0.29) is 12.1 Å². The van der Waals surface area contributed by atoms with Crippen LogP contribution in [0.1, 0.15) is 84.0 Å². The summed E-state index contributed by atoms with van der Waals surface area (Å²) in [6.07, 6.45) is 14.8. The zero-order chi connectivity index (χ0) is 13.5. The molecule has 2 atom stereocenters. The van der Waals surface area contributed by atoms with Crippen molar-refractivity contribution < 1.29 is 9.53 Å². The first-order valence-corrected chi connectivity index (χ1v) is 8.50. The Hall–Kier alpha value is -0.530. The summed E-state index contributed by atoms with van der Waals surface area (Å²) in [6, 6.07) is 0. The lowest BCUT2D eigenvalue weighted by molar-refractivity contribution is -0.155. The summed E-state index contributed by atoms with van der Waals surface area (Å²) >= 11 is 0. The maximum Gasteiger partial charge on any atom is 0.306 e. The summed E-state index contributed by atoms with van der Waals surface area (Å²) in [7, 11) is 0. The highest BCUT2D eigenvalue weighted by atomic mass is 16.5. The van der Waals surface area contributed by atoms with Crippen molar-refractivity contribution in [2.45, 2.75) is 90.1 Å². The lowest BCUT2D eigenvalue weighted by Crippen LogP contribution is -2.35. The van der Waals surface area contributed by atoms with Crippen LogP contribution in [0.15, 0.2) is 0 Å². The normalized spacial score (nSPS) is 29.1. The van der Waals surface area contributed by atoms with E-state index in [1.165, 1.54) is 51.4 Å². The second kappa shape index (κ2) is 7.91. The van der Waals surface area contributed by atoms with Crippen LogP contribution >= 0.6 is 0 Å². The highest BCUT2D eigenvalue weighted by molar-refractivity contribution is 5.69. The number of rotatable bonds is 5. The SMILES string of the molecule is CCCCC(=O)O[C@@H]1CCCC[C@@H]1C1CCCCC1. The van der Waals surface area contributed by atoms with Gasteiger partial charge in [-0.25, -0.2) is 0 Å². The van der Waals surface area contributed by atoms with Crippen LogP contribution in [0.3, 0.4) is 0 Å². The minimum absolute atomic E-state index is 0.0505. The summed E-state index contributed by atoms with van der Waals surface area (Å²) in [5.41, 5.74) is 0. The average Bonchev–Trinajstić information content (AvgIpc) is 2.46. The zero-order valence-corrected chi connectivity index (χ0v) is 12.5. The molecule has 2 aliphatic rings. The molecule has 2 rings (SSSR count). The van der Waals surface area contributed by atoms with E-state index in [1.54, 1.807) is 0 Å². The van der Waals surface area contributed by atoms with Gasteiger partial charge in [-0.15, -0.1) is 0 Å². The van der Waals surface area contributed by atoms with Crippen LogP contribution in [0.25, 0.3) is 0 Å². The average molecular weight is 266 g/mol. The lowest BCUT2D eigenvalue weighted by Gasteiger charge is -2.38. The van der Waals surface area contributed by atoms with Crippen LogP contribution in [-0.4, -0.2) is 12.1 Å². The standard InChI is InChI=1S/C17H30O2/c1-2-3-13-17(18)19-16-12-8-7-11-15(16)14-9-5-4-6-10-14/h14-16H,2-13H2,1H3/t15-,16-/m1/s1. The summed E-state index contributed by atoms with van der Waals surface area (Å²) < 4.78 is 5.82. The second-order valence-electron chi connectivity index (χ2n) is 6.48. The van der Waals surface area contributed by atoms with Gasteiger partial charge in [-0.1, -0.05) is 51.9 Å². The monoisotopic (exact) mass is 266 g/mol. The van der Waals surface area contributed by atoms with Crippen LogP contribution in [0, 0.1) is 11.8 Å². The van der Waals surface area contributed by atoms with E-state index >= 15 is 0 Å². The molecule has 2 heteroatoms. The Bertz CT molecular complexity index is 268. The number of carbonyl (C=O) groups is 1. The minimum atomic E-state index is 0.0505. The molecule has 0 aliphatic heterocycles. The van der Waals surface area contributed by atoms with Crippen LogP contribution < -0.4 is 0 Å². The summed E-state index contributed by atoms with van der Waals surface area (Å²) in [5, 5.41) is 0. The van der Waals surface area contributed by atoms with Gasteiger partial charge in [0, 0.05) is 6.42 Å².